The fourth-order valence-corrected chi connectivity index (χ4v) is 4.13. The molecule has 22 heavy (non-hydrogen) atoms. The third kappa shape index (κ3) is 3.29. The second-order valence-electron chi connectivity index (χ2n) is 5.33. The van der Waals surface area contributed by atoms with E-state index in [0.29, 0.717) is 10.5 Å². The summed E-state index contributed by atoms with van der Waals surface area (Å²) in [6.07, 6.45) is 1.79. The topological polar surface area (TPSA) is 12.0 Å². The van der Waals surface area contributed by atoms with Crippen LogP contribution >= 0.6 is 23.4 Å². The zero-order chi connectivity index (χ0) is 15.5. The fraction of sp³-hybridized carbons (Fsp3) is 0.294. The number of nitrogens with one attached hydrogen (secondary N) is 1. The highest BCUT2D eigenvalue weighted by atomic mass is 35.5. The van der Waals surface area contributed by atoms with Crippen molar-refractivity contribution in [1.82, 2.24) is 5.32 Å². The van der Waals surface area contributed by atoms with Crippen LogP contribution in [0.3, 0.4) is 0 Å². The SMILES string of the molecule is Fc1cccc(Sc2cccc(Cl)c2F)c1C1CCNCC1. The van der Waals surface area contributed by atoms with Crippen LogP contribution in [0, 0.1) is 11.6 Å². The Hall–Kier alpha value is -1.10. The van der Waals surface area contributed by atoms with Gasteiger partial charge in [0.05, 0.1) is 5.02 Å². The lowest BCUT2D eigenvalue weighted by Crippen LogP contribution is -2.27. The van der Waals surface area contributed by atoms with Crippen LogP contribution in [-0.4, -0.2) is 13.1 Å². The molecule has 0 saturated carbocycles. The standard InChI is InChI=1S/C17H16ClF2NS/c18-12-3-1-6-15(17(12)20)22-14-5-2-4-13(19)16(14)11-7-9-21-10-8-11/h1-6,11,21H,7-10H2. The first-order chi connectivity index (χ1) is 10.7. The number of hydrogen-bond acceptors (Lipinski definition) is 2. The Labute approximate surface area is 138 Å². The van der Waals surface area contributed by atoms with Crippen molar-refractivity contribution in [2.75, 3.05) is 13.1 Å². The van der Waals surface area contributed by atoms with Gasteiger partial charge in [-0.15, -0.1) is 0 Å². The van der Waals surface area contributed by atoms with Crippen molar-refractivity contribution >= 4 is 23.4 Å². The van der Waals surface area contributed by atoms with Gasteiger partial charge in [0.1, 0.15) is 5.82 Å². The van der Waals surface area contributed by atoms with Gasteiger partial charge >= 0.3 is 0 Å². The van der Waals surface area contributed by atoms with E-state index in [9.17, 15) is 8.78 Å². The Morgan fingerprint density at radius 1 is 1.00 bits per heavy atom. The molecule has 0 spiro atoms. The molecule has 1 saturated heterocycles. The number of halogens is 3. The van der Waals surface area contributed by atoms with E-state index in [1.165, 1.54) is 23.9 Å². The van der Waals surface area contributed by atoms with Crippen molar-refractivity contribution in [3.63, 3.8) is 0 Å². The molecule has 1 heterocycles. The lowest BCUT2D eigenvalue weighted by atomic mass is 9.90. The van der Waals surface area contributed by atoms with Gasteiger partial charge in [-0.2, -0.15) is 0 Å². The fourth-order valence-electron chi connectivity index (χ4n) is 2.79. The quantitative estimate of drug-likeness (QED) is 0.821. The number of rotatable bonds is 3. The second kappa shape index (κ2) is 6.99. The molecule has 1 N–H and O–H groups in total. The molecule has 0 radical (unpaired) electrons. The zero-order valence-electron chi connectivity index (χ0n) is 11.9. The minimum atomic E-state index is -0.449. The van der Waals surface area contributed by atoms with Crippen molar-refractivity contribution < 1.29 is 8.78 Å². The van der Waals surface area contributed by atoms with Gasteiger partial charge in [0.15, 0.2) is 5.82 Å². The lowest BCUT2D eigenvalue weighted by Gasteiger charge is -2.25. The summed E-state index contributed by atoms with van der Waals surface area (Å²) in [5, 5.41) is 3.37. The average molecular weight is 340 g/mol. The first-order valence-corrected chi connectivity index (χ1v) is 8.47. The Morgan fingerprint density at radius 3 is 2.45 bits per heavy atom. The van der Waals surface area contributed by atoms with E-state index in [-0.39, 0.29) is 16.8 Å². The molecular weight excluding hydrogens is 324 g/mol. The molecule has 116 valence electrons. The summed E-state index contributed by atoms with van der Waals surface area (Å²) < 4.78 is 28.5. The van der Waals surface area contributed by atoms with E-state index in [0.717, 1.165) is 30.8 Å². The highest BCUT2D eigenvalue weighted by Crippen LogP contribution is 2.40. The molecule has 2 aromatic rings. The molecule has 1 nitrogen and oxygen atoms in total. The minimum Gasteiger partial charge on any atom is -0.317 e. The Balaban J connectivity index is 1.96. The van der Waals surface area contributed by atoms with E-state index in [1.807, 2.05) is 6.07 Å². The molecule has 1 aliphatic heterocycles. The predicted octanol–water partition coefficient (Wildman–Crippen LogP) is 5.24. The van der Waals surface area contributed by atoms with Crippen molar-refractivity contribution in [3.8, 4) is 0 Å². The molecule has 3 rings (SSSR count). The van der Waals surface area contributed by atoms with Crippen molar-refractivity contribution in [1.29, 1.82) is 0 Å². The molecule has 0 aromatic heterocycles. The molecule has 1 fully saturated rings. The second-order valence-corrected chi connectivity index (χ2v) is 6.82. The first kappa shape index (κ1) is 15.8. The van der Waals surface area contributed by atoms with Gasteiger partial charge in [-0.05, 0) is 56.1 Å². The van der Waals surface area contributed by atoms with Crippen LogP contribution in [0.4, 0.5) is 8.78 Å². The predicted molar refractivity (Wildman–Crippen MR) is 86.8 cm³/mol. The summed E-state index contributed by atoms with van der Waals surface area (Å²) in [7, 11) is 0. The molecule has 0 aliphatic carbocycles. The highest BCUT2D eigenvalue weighted by molar-refractivity contribution is 7.99. The third-order valence-electron chi connectivity index (χ3n) is 3.90. The van der Waals surface area contributed by atoms with Crippen molar-refractivity contribution in [2.45, 2.75) is 28.6 Å². The largest absolute Gasteiger partial charge is 0.317 e. The maximum absolute atomic E-state index is 14.4. The molecular formula is C17H16ClF2NS. The zero-order valence-corrected chi connectivity index (χ0v) is 13.5. The van der Waals surface area contributed by atoms with Crippen molar-refractivity contribution in [2.24, 2.45) is 0 Å². The van der Waals surface area contributed by atoms with Crippen LogP contribution < -0.4 is 5.32 Å². The Bertz CT molecular complexity index is 672. The van der Waals surface area contributed by atoms with Gasteiger partial charge in [-0.25, -0.2) is 8.78 Å². The smallest absolute Gasteiger partial charge is 0.155 e. The Morgan fingerprint density at radius 2 is 1.68 bits per heavy atom. The molecule has 0 atom stereocenters. The van der Waals surface area contributed by atoms with Gasteiger partial charge in [-0.1, -0.05) is 35.5 Å². The summed E-state index contributed by atoms with van der Waals surface area (Å²) in [5.41, 5.74) is 0.702. The molecule has 0 bridgehead atoms. The molecule has 5 heteroatoms. The van der Waals surface area contributed by atoms with E-state index in [2.05, 4.69) is 5.32 Å². The van der Waals surface area contributed by atoms with Crippen LogP contribution in [0.25, 0.3) is 0 Å². The molecule has 0 unspecified atom stereocenters. The summed E-state index contributed by atoms with van der Waals surface area (Å²) in [5.74, 6) is -0.485. The molecule has 2 aromatic carbocycles. The van der Waals surface area contributed by atoms with Gasteiger partial charge < -0.3 is 5.32 Å². The summed E-state index contributed by atoms with van der Waals surface area (Å²) in [6.45, 7) is 1.77. The monoisotopic (exact) mass is 339 g/mol. The van der Waals surface area contributed by atoms with Crippen molar-refractivity contribution in [3.05, 3.63) is 58.6 Å². The van der Waals surface area contributed by atoms with Crippen LogP contribution in [0.1, 0.15) is 24.3 Å². The van der Waals surface area contributed by atoms with E-state index in [4.69, 9.17) is 11.6 Å². The van der Waals surface area contributed by atoms with Gasteiger partial charge in [0.2, 0.25) is 0 Å². The van der Waals surface area contributed by atoms with Crippen LogP contribution in [0.2, 0.25) is 5.02 Å². The number of piperidine rings is 1. The third-order valence-corrected chi connectivity index (χ3v) is 5.30. The van der Waals surface area contributed by atoms with Gasteiger partial charge in [0, 0.05) is 15.4 Å². The van der Waals surface area contributed by atoms with Crippen LogP contribution in [-0.2, 0) is 0 Å². The summed E-state index contributed by atoms with van der Waals surface area (Å²) >= 11 is 7.07. The van der Waals surface area contributed by atoms with Crippen LogP contribution in [0.5, 0.6) is 0 Å². The Kier molecular flexibility index (Phi) is 5.01. The van der Waals surface area contributed by atoms with Crippen LogP contribution in [0.15, 0.2) is 46.2 Å². The van der Waals surface area contributed by atoms with E-state index < -0.39 is 5.82 Å². The van der Waals surface area contributed by atoms with Gasteiger partial charge in [0.25, 0.3) is 0 Å². The summed E-state index contributed by atoms with van der Waals surface area (Å²) in [4.78, 5) is 1.20. The minimum absolute atomic E-state index is 0.0878. The lowest BCUT2D eigenvalue weighted by molar-refractivity contribution is 0.439. The average Bonchev–Trinajstić information content (AvgIpc) is 2.53. The number of benzene rings is 2. The van der Waals surface area contributed by atoms with E-state index in [1.54, 1.807) is 18.2 Å². The van der Waals surface area contributed by atoms with E-state index >= 15 is 0 Å². The number of hydrogen-bond donors (Lipinski definition) is 1. The normalized spacial score (nSPS) is 16.0. The highest BCUT2D eigenvalue weighted by Gasteiger charge is 2.22. The molecule has 1 aliphatic rings. The molecule has 0 amide bonds. The van der Waals surface area contributed by atoms with Gasteiger partial charge in [-0.3, -0.25) is 0 Å². The maximum atomic E-state index is 14.4. The summed E-state index contributed by atoms with van der Waals surface area (Å²) in [6, 6.07) is 9.90. The first-order valence-electron chi connectivity index (χ1n) is 7.28. The maximum Gasteiger partial charge on any atom is 0.155 e.